The van der Waals surface area contributed by atoms with E-state index in [0.29, 0.717) is 5.56 Å². The van der Waals surface area contributed by atoms with Crippen LogP contribution in [0.15, 0.2) is 18.2 Å². The Morgan fingerprint density at radius 1 is 1.45 bits per heavy atom. The molecule has 0 aliphatic carbocycles. The normalized spacial score (nSPS) is 10.6. The zero-order valence-corrected chi connectivity index (χ0v) is 6.56. The molecule has 0 amide bonds. The number of hydrogen-bond donors (Lipinski definition) is 1. The Morgan fingerprint density at radius 2 is 2.09 bits per heavy atom. The van der Waals surface area contributed by atoms with E-state index in [0.717, 1.165) is 0 Å². The summed E-state index contributed by atoms with van der Waals surface area (Å²) in [5.41, 5.74) is 0.834. The van der Waals surface area contributed by atoms with Crippen molar-refractivity contribution >= 4 is 0 Å². The molecule has 0 unspecified atom stereocenters. The lowest BCUT2D eigenvalue weighted by Crippen LogP contribution is -1.97. The highest BCUT2D eigenvalue weighted by atomic mass is 19.1. The summed E-state index contributed by atoms with van der Waals surface area (Å²) in [7, 11) is 0. The number of aryl methyl sites for hydroxylation is 1. The number of benzene rings is 1. The average molecular weight is 153 g/mol. The predicted molar refractivity (Wildman–Crippen MR) is 41.1 cm³/mol. The number of hydrogen-bond acceptors (Lipinski definition) is 1. The van der Waals surface area contributed by atoms with Crippen LogP contribution in [0.1, 0.15) is 18.1 Å². The zero-order valence-electron chi connectivity index (χ0n) is 6.56. The first-order valence-electron chi connectivity index (χ1n) is 3.41. The Kier molecular flexibility index (Phi) is 2.25. The van der Waals surface area contributed by atoms with E-state index < -0.39 is 0 Å². The molecule has 0 aliphatic heterocycles. The molecule has 0 spiro atoms. The summed E-state index contributed by atoms with van der Waals surface area (Å²) < 4.78 is 13.1. The fraction of sp³-hybridized carbons (Fsp3) is 0.222. The molecule has 0 heterocycles. The van der Waals surface area contributed by atoms with E-state index in [1.165, 1.54) is 6.92 Å². The van der Waals surface area contributed by atoms with Crippen molar-refractivity contribution in [2.24, 2.45) is 0 Å². The first-order chi connectivity index (χ1) is 5.13. The molecule has 0 aromatic heterocycles. The Labute approximate surface area is 65.5 Å². The fourth-order valence-electron chi connectivity index (χ4n) is 0.927. The zero-order chi connectivity index (χ0) is 8.43. The van der Waals surface area contributed by atoms with E-state index >= 15 is 0 Å². The molecular formula is C9H10FO. The van der Waals surface area contributed by atoms with Gasteiger partial charge in [-0.25, -0.2) is 4.39 Å². The van der Waals surface area contributed by atoms with Crippen LogP contribution in [-0.2, 0) is 0 Å². The van der Waals surface area contributed by atoms with Gasteiger partial charge >= 0.3 is 0 Å². The number of aliphatic hydroxyl groups excluding tert-OH is 1. The topological polar surface area (TPSA) is 20.2 Å². The minimum atomic E-state index is -0.340. The quantitative estimate of drug-likeness (QED) is 0.656. The average Bonchev–Trinajstić information content (AvgIpc) is 1.94. The lowest BCUT2D eigenvalue weighted by Gasteiger charge is -2.05. The lowest BCUT2D eigenvalue weighted by molar-refractivity contribution is 0.334. The number of aliphatic hydroxyl groups is 1. The summed E-state index contributed by atoms with van der Waals surface area (Å²) in [6, 6.07) is 4.94. The maximum absolute atomic E-state index is 13.1. The summed E-state index contributed by atoms with van der Waals surface area (Å²) >= 11 is 0. The van der Waals surface area contributed by atoms with Gasteiger partial charge in [-0.05, 0) is 19.4 Å². The second-order valence-electron chi connectivity index (χ2n) is 2.52. The molecule has 1 aromatic rings. The minimum absolute atomic E-state index is 0.0196. The van der Waals surface area contributed by atoms with Gasteiger partial charge in [-0.2, -0.15) is 0 Å². The van der Waals surface area contributed by atoms with Gasteiger partial charge in [0.05, 0.1) is 0 Å². The van der Waals surface area contributed by atoms with E-state index in [4.69, 9.17) is 5.11 Å². The molecule has 0 saturated heterocycles. The highest BCUT2D eigenvalue weighted by molar-refractivity contribution is 5.31. The van der Waals surface area contributed by atoms with Crippen LogP contribution in [-0.4, -0.2) is 5.11 Å². The van der Waals surface area contributed by atoms with Crippen LogP contribution in [0.5, 0.6) is 0 Å². The van der Waals surface area contributed by atoms with Gasteiger partial charge in [0.2, 0.25) is 0 Å². The van der Waals surface area contributed by atoms with Gasteiger partial charge in [0.25, 0.3) is 0 Å². The highest BCUT2D eigenvalue weighted by Gasteiger charge is 2.09. The maximum atomic E-state index is 13.1. The van der Waals surface area contributed by atoms with E-state index in [9.17, 15) is 4.39 Å². The van der Waals surface area contributed by atoms with E-state index in [1.54, 1.807) is 25.1 Å². The first-order valence-corrected chi connectivity index (χ1v) is 3.41. The smallest absolute Gasteiger partial charge is 0.132 e. The molecular weight excluding hydrogens is 143 g/mol. The van der Waals surface area contributed by atoms with E-state index in [2.05, 4.69) is 0 Å². The van der Waals surface area contributed by atoms with Crippen LogP contribution in [0.2, 0.25) is 0 Å². The van der Waals surface area contributed by atoms with Crippen molar-refractivity contribution in [2.45, 2.75) is 13.8 Å². The van der Waals surface area contributed by atoms with Gasteiger partial charge in [0.1, 0.15) is 11.9 Å². The van der Waals surface area contributed by atoms with Crippen LogP contribution >= 0.6 is 0 Å². The molecule has 1 radical (unpaired) electrons. The second kappa shape index (κ2) is 3.01. The molecule has 11 heavy (non-hydrogen) atoms. The number of rotatable bonds is 1. The first kappa shape index (κ1) is 8.21. The van der Waals surface area contributed by atoms with Crippen molar-refractivity contribution in [1.82, 2.24) is 0 Å². The molecule has 0 atom stereocenters. The Hall–Kier alpha value is -0.890. The van der Waals surface area contributed by atoms with Gasteiger partial charge in [-0.15, -0.1) is 0 Å². The molecule has 0 saturated carbocycles. The minimum Gasteiger partial charge on any atom is -0.382 e. The Balaban J connectivity index is 3.17. The molecule has 1 aromatic carbocycles. The van der Waals surface area contributed by atoms with Crippen LogP contribution in [0, 0.1) is 18.8 Å². The molecule has 1 N–H and O–H groups in total. The summed E-state index contributed by atoms with van der Waals surface area (Å²) in [6.07, 6.45) is 0.0196. The third kappa shape index (κ3) is 1.57. The Morgan fingerprint density at radius 3 is 2.55 bits per heavy atom. The van der Waals surface area contributed by atoms with Gasteiger partial charge in [-0.1, -0.05) is 18.2 Å². The van der Waals surface area contributed by atoms with Crippen LogP contribution in [0.4, 0.5) is 4.39 Å². The maximum Gasteiger partial charge on any atom is 0.132 e. The lowest BCUT2D eigenvalue weighted by atomic mass is 10.1. The second-order valence-corrected chi connectivity index (χ2v) is 2.52. The van der Waals surface area contributed by atoms with Crippen LogP contribution < -0.4 is 0 Å². The van der Waals surface area contributed by atoms with Crippen molar-refractivity contribution in [1.29, 1.82) is 0 Å². The molecule has 59 valence electrons. The monoisotopic (exact) mass is 153 g/mol. The highest BCUT2D eigenvalue weighted by Crippen LogP contribution is 2.17. The standard InChI is InChI=1S/C9H10FO/c1-6-4-3-5-8(7(2)11)9(6)10/h3-5,11H,1-2H3. The fourth-order valence-corrected chi connectivity index (χ4v) is 0.927. The summed E-state index contributed by atoms with van der Waals surface area (Å²) in [6.45, 7) is 3.14. The van der Waals surface area contributed by atoms with Gasteiger partial charge in [0, 0.05) is 5.56 Å². The molecule has 0 fully saturated rings. The molecule has 0 aliphatic rings. The number of halogens is 1. The van der Waals surface area contributed by atoms with Gasteiger partial charge in [0.15, 0.2) is 0 Å². The van der Waals surface area contributed by atoms with Crippen molar-refractivity contribution in [2.75, 3.05) is 0 Å². The molecule has 1 nitrogen and oxygen atoms in total. The SMILES string of the molecule is C[C](O)c1cccc(C)c1F. The van der Waals surface area contributed by atoms with Crippen LogP contribution in [0.25, 0.3) is 0 Å². The summed E-state index contributed by atoms with van der Waals surface area (Å²) in [5.74, 6) is -0.340. The predicted octanol–water partition coefficient (Wildman–Crippen LogP) is 2.41. The van der Waals surface area contributed by atoms with E-state index in [-0.39, 0.29) is 17.5 Å². The molecule has 0 bridgehead atoms. The van der Waals surface area contributed by atoms with Crippen molar-refractivity contribution < 1.29 is 9.50 Å². The van der Waals surface area contributed by atoms with Crippen LogP contribution in [0.3, 0.4) is 0 Å². The molecule has 2 heteroatoms. The van der Waals surface area contributed by atoms with Gasteiger partial charge < -0.3 is 5.11 Å². The summed E-state index contributed by atoms with van der Waals surface area (Å²) in [4.78, 5) is 0. The van der Waals surface area contributed by atoms with Crippen molar-refractivity contribution in [3.63, 3.8) is 0 Å². The third-order valence-corrected chi connectivity index (χ3v) is 1.58. The molecule has 1 rings (SSSR count). The van der Waals surface area contributed by atoms with E-state index in [1.807, 2.05) is 0 Å². The van der Waals surface area contributed by atoms with Crippen molar-refractivity contribution in [3.8, 4) is 0 Å². The largest absolute Gasteiger partial charge is 0.382 e. The third-order valence-electron chi connectivity index (χ3n) is 1.58. The Bertz CT molecular complexity index is 256. The van der Waals surface area contributed by atoms with Gasteiger partial charge in [-0.3, -0.25) is 0 Å². The summed E-state index contributed by atoms with van der Waals surface area (Å²) in [5, 5.41) is 9.01. The van der Waals surface area contributed by atoms with Crippen molar-refractivity contribution in [3.05, 3.63) is 41.2 Å².